The smallest absolute Gasteiger partial charge is 0.250 e. The molecule has 23 heavy (non-hydrogen) atoms. The van der Waals surface area contributed by atoms with Gasteiger partial charge in [0.2, 0.25) is 5.91 Å². The average molecular weight is 334 g/mol. The van der Waals surface area contributed by atoms with Gasteiger partial charge < -0.3 is 10.1 Å². The number of amides is 1. The van der Waals surface area contributed by atoms with Crippen LogP contribution in [0, 0.1) is 5.92 Å². The van der Waals surface area contributed by atoms with Crippen LogP contribution in [0.5, 0.6) is 0 Å². The van der Waals surface area contributed by atoms with E-state index < -0.39 is 0 Å². The number of morpholine rings is 1. The second-order valence-electron chi connectivity index (χ2n) is 6.38. The molecule has 126 valence electrons. The van der Waals surface area contributed by atoms with Crippen LogP contribution in [0.2, 0.25) is 0 Å². The van der Waals surface area contributed by atoms with Gasteiger partial charge in [0, 0.05) is 26.2 Å². The Morgan fingerprint density at radius 3 is 2.83 bits per heavy atom. The number of hydrogen-bond acceptors (Lipinski definition) is 4. The zero-order valence-electron chi connectivity index (χ0n) is 13.6. The minimum absolute atomic E-state index is 0.0565. The lowest BCUT2D eigenvalue weighted by Gasteiger charge is -2.32. The van der Waals surface area contributed by atoms with Gasteiger partial charge in [-0.1, -0.05) is 30.3 Å². The Kier molecular flexibility index (Phi) is 6.37. The Hall–Kier alpha value is -1.04. The fourth-order valence-electron chi connectivity index (χ4n) is 3.16. The Labute approximate surface area is 143 Å². The highest BCUT2D eigenvalue weighted by atomic mass is 32.2. The van der Waals surface area contributed by atoms with Gasteiger partial charge in [0.15, 0.2) is 0 Å². The van der Waals surface area contributed by atoms with E-state index in [9.17, 15) is 4.79 Å². The van der Waals surface area contributed by atoms with Gasteiger partial charge in [-0.15, -0.1) is 0 Å². The molecule has 0 bridgehead atoms. The molecule has 2 saturated heterocycles. The van der Waals surface area contributed by atoms with Gasteiger partial charge in [-0.25, -0.2) is 0 Å². The molecule has 0 saturated carbocycles. The van der Waals surface area contributed by atoms with Gasteiger partial charge in [0.25, 0.3) is 0 Å². The second-order valence-corrected chi connectivity index (χ2v) is 7.61. The highest BCUT2D eigenvalue weighted by Crippen LogP contribution is 2.22. The van der Waals surface area contributed by atoms with Crippen molar-refractivity contribution in [2.45, 2.75) is 25.5 Å². The van der Waals surface area contributed by atoms with E-state index in [4.69, 9.17) is 4.74 Å². The number of carbonyl (C=O) groups excluding carboxylic acids is 1. The molecular formula is C18H26N2O2S. The Morgan fingerprint density at radius 2 is 2.04 bits per heavy atom. The number of hydrogen-bond donors (Lipinski definition) is 1. The summed E-state index contributed by atoms with van der Waals surface area (Å²) in [6.45, 7) is 3.89. The molecular weight excluding hydrogens is 308 g/mol. The predicted octanol–water partition coefficient (Wildman–Crippen LogP) is 2.15. The highest BCUT2D eigenvalue weighted by molar-refractivity contribution is 7.99. The summed E-state index contributed by atoms with van der Waals surface area (Å²) in [7, 11) is 0. The van der Waals surface area contributed by atoms with E-state index in [2.05, 4.69) is 34.5 Å². The molecule has 2 aliphatic heterocycles. The lowest BCUT2D eigenvalue weighted by Crippen LogP contribution is -2.50. The van der Waals surface area contributed by atoms with Crippen LogP contribution in [0.4, 0.5) is 0 Å². The first-order valence-electron chi connectivity index (χ1n) is 8.54. The Balaban J connectivity index is 1.44. The van der Waals surface area contributed by atoms with E-state index in [0.717, 1.165) is 19.6 Å². The number of rotatable bonds is 5. The number of nitrogens with one attached hydrogen (secondary N) is 1. The number of nitrogens with zero attached hydrogens (tertiary/aromatic N) is 1. The molecule has 2 fully saturated rings. The molecule has 0 spiro atoms. The molecule has 4 nitrogen and oxygen atoms in total. The van der Waals surface area contributed by atoms with Gasteiger partial charge in [-0.2, -0.15) is 11.8 Å². The van der Waals surface area contributed by atoms with Crippen molar-refractivity contribution in [2.75, 3.05) is 37.7 Å². The average Bonchev–Trinajstić information content (AvgIpc) is 2.62. The third-order valence-electron chi connectivity index (χ3n) is 4.60. The van der Waals surface area contributed by atoms with E-state index >= 15 is 0 Å². The molecule has 0 radical (unpaired) electrons. The molecule has 0 aliphatic carbocycles. The van der Waals surface area contributed by atoms with E-state index in [1.54, 1.807) is 0 Å². The largest absolute Gasteiger partial charge is 0.366 e. The molecule has 1 amide bonds. The van der Waals surface area contributed by atoms with Gasteiger partial charge in [0.1, 0.15) is 6.10 Å². The van der Waals surface area contributed by atoms with Gasteiger partial charge in [-0.3, -0.25) is 9.69 Å². The maximum atomic E-state index is 12.4. The Bertz CT molecular complexity index is 491. The van der Waals surface area contributed by atoms with Crippen molar-refractivity contribution in [2.24, 2.45) is 5.92 Å². The summed E-state index contributed by atoms with van der Waals surface area (Å²) in [5.41, 5.74) is 1.29. The molecule has 1 N–H and O–H groups in total. The van der Waals surface area contributed by atoms with Gasteiger partial charge in [-0.05, 0) is 35.8 Å². The normalized spacial score (nSPS) is 23.6. The fraction of sp³-hybridized carbons (Fsp3) is 0.611. The van der Waals surface area contributed by atoms with E-state index in [1.807, 2.05) is 17.8 Å². The van der Waals surface area contributed by atoms with Crippen LogP contribution < -0.4 is 5.32 Å². The first-order chi connectivity index (χ1) is 11.3. The van der Waals surface area contributed by atoms with Crippen LogP contribution >= 0.6 is 11.8 Å². The standard InChI is InChI=1S/C18H26N2O2S/c21-18(19-12-15-6-10-23-11-7-15)17-14-20(8-9-22-17)13-16-4-2-1-3-5-16/h1-5,15,17H,6-14H2,(H,19,21)/t17-/m0/s1. The Morgan fingerprint density at radius 1 is 1.26 bits per heavy atom. The van der Waals surface area contributed by atoms with E-state index in [0.29, 0.717) is 19.1 Å². The third-order valence-corrected chi connectivity index (χ3v) is 5.65. The molecule has 0 unspecified atom stereocenters. The second kappa shape index (κ2) is 8.71. The molecule has 2 aliphatic rings. The van der Waals surface area contributed by atoms with E-state index in [-0.39, 0.29) is 12.0 Å². The van der Waals surface area contributed by atoms with Crippen molar-refractivity contribution in [3.8, 4) is 0 Å². The minimum Gasteiger partial charge on any atom is -0.366 e. The lowest BCUT2D eigenvalue weighted by molar-refractivity contribution is -0.139. The summed E-state index contributed by atoms with van der Waals surface area (Å²) in [6, 6.07) is 10.4. The third kappa shape index (κ3) is 5.23. The maximum absolute atomic E-state index is 12.4. The topological polar surface area (TPSA) is 41.6 Å². The molecule has 1 aromatic carbocycles. The van der Waals surface area contributed by atoms with Gasteiger partial charge in [0.05, 0.1) is 6.61 Å². The maximum Gasteiger partial charge on any atom is 0.250 e. The molecule has 3 rings (SSSR count). The van der Waals surface area contributed by atoms with Crippen LogP contribution in [0.15, 0.2) is 30.3 Å². The molecule has 1 atom stereocenters. The summed E-state index contributed by atoms with van der Waals surface area (Å²) in [5.74, 6) is 3.15. The first-order valence-corrected chi connectivity index (χ1v) is 9.70. The van der Waals surface area contributed by atoms with E-state index in [1.165, 1.54) is 29.9 Å². The van der Waals surface area contributed by atoms with Crippen LogP contribution in [0.3, 0.4) is 0 Å². The van der Waals surface area contributed by atoms with Crippen LogP contribution in [0.1, 0.15) is 18.4 Å². The SMILES string of the molecule is O=C(NCC1CCSCC1)[C@@H]1CN(Cc2ccccc2)CCO1. The van der Waals surface area contributed by atoms with Crippen LogP contribution in [-0.4, -0.2) is 54.7 Å². The van der Waals surface area contributed by atoms with Crippen LogP contribution in [-0.2, 0) is 16.1 Å². The summed E-state index contributed by atoms with van der Waals surface area (Å²) in [4.78, 5) is 14.7. The number of ether oxygens (including phenoxy) is 1. The summed E-state index contributed by atoms with van der Waals surface area (Å²) < 4.78 is 5.69. The predicted molar refractivity (Wildman–Crippen MR) is 94.5 cm³/mol. The zero-order valence-corrected chi connectivity index (χ0v) is 14.4. The van der Waals surface area contributed by atoms with Crippen molar-refractivity contribution in [3.63, 3.8) is 0 Å². The molecule has 2 heterocycles. The first kappa shape index (κ1) is 16.8. The van der Waals surface area contributed by atoms with Crippen molar-refractivity contribution < 1.29 is 9.53 Å². The monoisotopic (exact) mass is 334 g/mol. The summed E-state index contributed by atoms with van der Waals surface area (Å²) >= 11 is 2.02. The lowest BCUT2D eigenvalue weighted by atomic mass is 10.0. The molecule has 1 aromatic rings. The number of thioether (sulfide) groups is 1. The zero-order chi connectivity index (χ0) is 15.9. The molecule has 5 heteroatoms. The quantitative estimate of drug-likeness (QED) is 0.896. The highest BCUT2D eigenvalue weighted by Gasteiger charge is 2.27. The number of benzene rings is 1. The van der Waals surface area contributed by atoms with Crippen LogP contribution in [0.25, 0.3) is 0 Å². The van der Waals surface area contributed by atoms with Crippen molar-refractivity contribution >= 4 is 17.7 Å². The minimum atomic E-state index is -0.328. The summed E-state index contributed by atoms with van der Waals surface area (Å²) in [5, 5.41) is 3.11. The van der Waals surface area contributed by atoms with Crippen molar-refractivity contribution in [1.82, 2.24) is 10.2 Å². The summed E-state index contributed by atoms with van der Waals surface area (Å²) in [6.07, 6.45) is 2.11. The number of carbonyl (C=O) groups is 1. The fourth-order valence-corrected chi connectivity index (χ4v) is 4.36. The van der Waals surface area contributed by atoms with Gasteiger partial charge >= 0.3 is 0 Å². The van der Waals surface area contributed by atoms with Crippen molar-refractivity contribution in [3.05, 3.63) is 35.9 Å². The van der Waals surface area contributed by atoms with Crippen molar-refractivity contribution in [1.29, 1.82) is 0 Å². The molecule has 0 aromatic heterocycles.